The molecule has 1 unspecified atom stereocenters. The van der Waals surface area contributed by atoms with Gasteiger partial charge in [0.25, 0.3) is 0 Å². The van der Waals surface area contributed by atoms with Gasteiger partial charge in [0.15, 0.2) is 0 Å². The van der Waals surface area contributed by atoms with Crippen LogP contribution >= 0.6 is 23.8 Å². The summed E-state index contributed by atoms with van der Waals surface area (Å²) in [5, 5.41) is 0.731. The van der Waals surface area contributed by atoms with E-state index in [1.54, 1.807) is 0 Å². The predicted molar refractivity (Wildman–Crippen MR) is 90.8 cm³/mol. The van der Waals surface area contributed by atoms with E-state index < -0.39 is 0 Å². The fourth-order valence-corrected chi connectivity index (χ4v) is 2.95. The van der Waals surface area contributed by atoms with Crippen LogP contribution in [-0.4, -0.2) is 42.0 Å². The van der Waals surface area contributed by atoms with Crippen molar-refractivity contribution in [1.29, 1.82) is 0 Å². The molecular weight excluding hydrogens is 306 g/mol. The fourth-order valence-electron chi connectivity index (χ4n) is 2.55. The molecule has 1 heterocycles. The van der Waals surface area contributed by atoms with Crippen LogP contribution in [0.25, 0.3) is 0 Å². The minimum Gasteiger partial charge on any atom is -0.393 e. The van der Waals surface area contributed by atoms with Gasteiger partial charge >= 0.3 is 0 Å². The molecular formula is C15H20ClN3OS. The molecule has 0 aliphatic carbocycles. The van der Waals surface area contributed by atoms with E-state index in [2.05, 4.69) is 4.90 Å². The maximum atomic E-state index is 12.4. The number of carbonyl (C=O) groups is 1. The van der Waals surface area contributed by atoms with E-state index in [-0.39, 0.29) is 11.8 Å². The van der Waals surface area contributed by atoms with Gasteiger partial charge in [0.05, 0.1) is 10.9 Å². The highest BCUT2D eigenvalue weighted by Gasteiger charge is 2.28. The zero-order chi connectivity index (χ0) is 15.4. The Hall–Kier alpha value is -1.33. The average molecular weight is 326 g/mol. The molecule has 0 spiro atoms. The average Bonchev–Trinajstić information content (AvgIpc) is 2.48. The van der Waals surface area contributed by atoms with Crippen LogP contribution in [0.4, 0.5) is 5.69 Å². The number of piperazine rings is 1. The predicted octanol–water partition coefficient (Wildman–Crippen LogP) is 2.30. The fraction of sp³-hybridized carbons (Fsp3) is 0.467. The van der Waals surface area contributed by atoms with Gasteiger partial charge in [0.1, 0.15) is 0 Å². The van der Waals surface area contributed by atoms with Gasteiger partial charge in [-0.2, -0.15) is 0 Å². The molecule has 1 aromatic rings. The summed E-state index contributed by atoms with van der Waals surface area (Å²) in [6.45, 7) is 4.94. The highest BCUT2D eigenvalue weighted by molar-refractivity contribution is 7.80. The molecule has 1 atom stereocenters. The quantitative estimate of drug-likeness (QED) is 0.863. The summed E-state index contributed by atoms with van der Waals surface area (Å²) in [6.07, 6.45) is 0.658. The largest absolute Gasteiger partial charge is 0.393 e. The Morgan fingerprint density at radius 2 is 1.86 bits per heavy atom. The molecule has 1 aliphatic heterocycles. The molecule has 1 aliphatic rings. The first-order chi connectivity index (χ1) is 10.0. The van der Waals surface area contributed by atoms with E-state index in [0.717, 1.165) is 23.8 Å². The number of rotatable bonds is 4. The summed E-state index contributed by atoms with van der Waals surface area (Å²) >= 11 is 10.9. The van der Waals surface area contributed by atoms with Gasteiger partial charge in [-0.15, -0.1) is 0 Å². The van der Waals surface area contributed by atoms with Crippen molar-refractivity contribution in [3.63, 3.8) is 0 Å². The van der Waals surface area contributed by atoms with Gasteiger partial charge in [0.2, 0.25) is 5.91 Å². The summed E-state index contributed by atoms with van der Waals surface area (Å²) in [7, 11) is 0. The maximum Gasteiger partial charge on any atom is 0.232 e. The summed E-state index contributed by atoms with van der Waals surface area (Å²) in [6, 6.07) is 7.77. The van der Waals surface area contributed by atoms with Crippen LogP contribution in [0.3, 0.4) is 0 Å². The first-order valence-corrected chi connectivity index (χ1v) is 7.90. The number of carbonyl (C=O) groups excluding carboxylic acids is 1. The van der Waals surface area contributed by atoms with Crippen molar-refractivity contribution in [2.45, 2.75) is 13.3 Å². The van der Waals surface area contributed by atoms with Crippen molar-refractivity contribution >= 4 is 40.4 Å². The third kappa shape index (κ3) is 3.86. The number of benzene rings is 1. The van der Waals surface area contributed by atoms with Crippen LogP contribution in [0.2, 0.25) is 5.02 Å². The molecule has 0 saturated carbocycles. The molecule has 2 N–H and O–H groups in total. The molecule has 0 aromatic heterocycles. The van der Waals surface area contributed by atoms with E-state index in [1.807, 2.05) is 36.1 Å². The van der Waals surface area contributed by atoms with Crippen LogP contribution in [-0.2, 0) is 4.79 Å². The topological polar surface area (TPSA) is 49.6 Å². The third-order valence-electron chi connectivity index (χ3n) is 3.83. The Bertz CT molecular complexity index is 512. The molecule has 1 saturated heterocycles. The standard InChI is InChI=1S/C15H20ClN3OS/c1-2-13(14(17)21)15(20)19-9-7-18(8-10-19)12-5-3-11(16)4-6-12/h3-6,13H,2,7-10H2,1H3,(H2,17,21). The number of hydrogen-bond acceptors (Lipinski definition) is 3. The Balaban J connectivity index is 1.95. The van der Waals surface area contributed by atoms with Crippen molar-refractivity contribution in [2.24, 2.45) is 11.7 Å². The van der Waals surface area contributed by atoms with Gasteiger partial charge < -0.3 is 15.5 Å². The lowest BCUT2D eigenvalue weighted by Gasteiger charge is -2.37. The molecule has 0 bridgehead atoms. The number of halogens is 1. The number of anilines is 1. The second-order valence-corrected chi connectivity index (χ2v) is 6.06. The molecule has 1 amide bonds. The molecule has 1 aromatic carbocycles. The van der Waals surface area contributed by atoms with Gasteiger partial charge in [-0.25, -0.2) is 0 Å². The van der Waals surface area contributed by atoms with Crippen LogP contribution < -0.4 is 10.6 Å². The number of amides is 1. The Morgan fingerprint density at radius 3 is 2.33 bits per heavy atom. The van der Waals surface area contributed by atoms with Crippen molar-refractivity contribution in [2.75, 3.05) is 31.1 Å². The summed E-state index contributed by atoms with van der Waals surface area (Å²) in [5.41, 5.74) is 6.78. The Morgan fingerprint density at radius 1 is 1.29 bits per heavy atom. The van der Waals surface area contributed by atoms with E-state index in [1.165, 1.54) is 0 Å². The minimum atomic E-state index is -0.331. The van der Waals surface area contributed by atoms with Crippen LogP contribution in [0, 0.1) is 5.92 Å². The lowest BCUT2D eigenvalue weighted by molar-refractivity contribution is -0.133. The van der Waals surface area contributed by atoms with Crippen molar-refractivity contribution in [1.82, 2.24) is 4.90 Å². The van der Waals surface area contributed by atoms with Crippen molar-refractivity contribution < 1.29 is 4.79 Å². The first-order valence-electron chi connectivity index (χ1n) is 7.11. The lowest BCUT2D eigenvalue weighted by atomic mass is 10.0. The number of hydrogen-bond donors (Lipinski definition) is 1. The maximum absolute atomic E-state index is 12.4. The second-order valence-electron chi connectivity index (χ2n) is 5.15. The number of nitrogens with zero attached hydrogens (tertiary/aromatic N) is 2. The van der Waals surface area contributed by atoms with Gasteiger partial charge in [0, 0.05) is 36.9 Å². The Labute approximate surface area is 135 Å². The van der Waals surface area contributed by atoms with Gasteiger partial charge in [-0.3, -0.25) is 4.79 Å². The highest BCUT2D eigenvalue weighted by Crippen LogP contribution is 2.20. The smallest absolute Gasteiger partial charge is 0.232 e. The van der Waals surface area contributed by atoms with Crippen LogP contribution in [0.15, 0.2) is 24.3 Å². The molecule has 21 heavy (non-hydrogen) atoms. The van der Waals surface area contributed by atoms with Gasteiger partial charge in [-0.1, -0.05) is 30.7 Å². The molecule has 0 radical (unpaired) electrons. The summed E-state index contributed by atoms with van der Waals surface area (Å²) in [4.78, 5) is 16.8. The van der Waals surface area contributed by atoms with E-state index in [9.17, 15) is 4.79 Å². The zero-order valence-corrected chi connectivity index (χ0v) is 13.7. The van der Waals surface area contributed by atoms with Crippen LogP contribution in [0.1, 0.15) is 13.3 Å². The minimum absolute atomic E-state index is 0.0563. The van der Waals surface area contributed by atoms with Gasteiger partial charge in [-0.05, 0) is 30.7 Å². The Kier molecular flexibility index (Phi) is 5.42. The summed E-state index contributed by atoms with van der Waals surface area (Å²) < 4.78 is 0. The SMILES string of the molecule is CCC(C(=O)N1CCN(c2ccc(Cl)cc2)CC1)C(N)=S. The molecule has 114 valence electrons. The van der Waals surface area contributed by atoms with Crippen LogP contribution in [0.5, 0.6) is 0 Å². The highest BCUT2D eigenvalue weighted by atomic mass is 35.5. The van der Waals surface area contributed by atoms with E-state index in [0.29, 0.717) is 24.5 Å². The molecule has 1 fully saturated rings. The number of nitrogens with two attached hydrogens (primary N) is 1. The molecule has 6 heteroatoms. The third-order valence-corrected chi connectivity index (χ3v) is 4.37. The second kappa shape index (κ2) is 7.09. The number of thiocarbonyl (C=S) groups is 1. The monoisotopic (exact) mass is 325 g/mol. The zero-order valence-electron chi connectivity index (χ0n) is 12.1. The summed E-state index contributed by atoms with van der Waals surface area (Å²) in [5.74, 6) is -0.275. The van der Waals surface area contributed by atoms with Crippen molar-refractivity contribution in [3.05, 3.63) is 29.3 Å². The normalized spacial score (nSPS) is 16.7. The van der Waals surface area contributed by atoms with Crippen molar-refractivity contribution in [3.8, 4) is 0 Å². The first kappa shape index (κ1) is 16.0. The van der Waals surface area contributed by atoms with E-state index in [4.69, 9.17) is 29.6 Å². The van der Waals surface area contributed by atoms with E-state index >= 15 is 0 Å². The molecule has 2 rings (SSSR count). The lowest BCUT2D eigenvalue weighted by Crippen LogP contribution is -2.51. The molecule has 4 nitrogen and oxygen atoms in total.